The van der Waals surface area contributed by atoms with Gasteiger partial charge in [0.1, 0.15) is 23.6 Å². The Kier molecular flexibility index (Phi) is 7.16. The number of thioether (sulfide) groups is 1. The average Bonchev–Trinajstić information content (AvgIpc) is 3.28. The first kappa shape index (κ1) is 25.1. The van der Waals surface area contributed by atoms with Gasteiger partial charge in [0.2, 0.25) is 11.5 Å². The Hall–Kier alpha value is -4.05. The van der Waals surface area contributed by atoms with E-state index < -0.39 is 35.2 Å². The number of hydrogen-bond acceptors (Lipinski definition) is 12. The van der Waals surface area contributed by atoms with Crippen molar-refractivity contribution in [2.45, 2.75) is 24.9 Å². The van der Waals surface area contributed by atoms with Gasteiger partial charge in [0, 0.05) is 28.9 Å². The van der Waals surface area contributed by atoms with E-state index in [2.05, 4.69) is 19.8 Å². The minimum atomic E-state index is -1.55. The maximum absolute atomic E-state index is 12.9. The number of oxime groups is 1. The second kappa shape index (κ2) is 10.3. The summed E-state index contributed by atoms with van der Waals surface area (Å²) in [6.45, 7) is 1.86. The molecule has 0 spiro atoms. The number of carbonyl (C=O) groups excluding carboxylic acids is 3. The summed E-state index contributed by atoms with van der Waals surface area (Å²) in [5.41, 5.74) is 5.39. The Morgan fingerprint density at radius 2 is 2.22 bits per heavy atom. The number of carboxylic acids is 2. The molecule has 4 heterocycles. The Bertz CT molecular complexity index is 1310. The van der Waals surface area contributed by atoms with Gasteiger partial charge in [0.05, 0.1) is 11.7 Å². The van der Waals surface area contributed by atoms with E-state index in [1.807, 2.05) is 0 Å². The van der Waals surface area contributed by atoms with Crippen molar-refractivity contribution in [1.29, 1.82) is 0 Å². The number of nitrogen functional groups attached to an aromatic ring is 1. The molecule has 36 heavy (non-hydrogen) atoms. The van der Waals surface area contributed by atoms with Crippen molar-refractivity contribution in [2.75, 3.05) is 18.1 Å². The van der Waals surface area contributed by atoms with Gasteiger partial charge in [-0.25, -0.2) is 9.36 Å². The van der Waals surface area contributed by atoms with Crippen molar-refractivity contribution in [3.63, 3.8) is 0 Å². The molecule has 188 valence electrons. The maximum atomic E-state index is 12.9. The Morgan fingerprint density at radius 1 is 1.44 bits per heavy atom. The molecule has 2 aliphatic rings. The highest BCUT2D eigenvalue weighted by Crippen LogP contribution is 2.40. The number of nitrogens with one attached hydrogen (secondary N) is 1. The SMILES string of the molecule is CCON=C(C(=O)NC1C(=O)N2C(C(=O)[O-])=C(C[n+]3cccc(C(=O)O)c3)CS[C@H]12)c1nsc(N)n1. The molecule has 1 unspecified atom stereocenters. The van der Waals surface area contributed by atoms with Crippen molar-refractivity contribution in [3.05, 3.63) is 47.2 Å². The number of nitrogens with zero attached hydrogens (tertiary/aromatic N) is 5. The number of aromatic carboxylic acids is 1. The molecule has 1 fully saturated rings. The molecule has 14 nitrogen and oxygen atoms in total. The number of nitrogens with two attached hydrogens (primary N) is 1. The first-order valence-corrected chi connectivity index (χ1v) is 12.2. The summed E-state index contributed by atoms with van der Waals surface area (Å²) in [6, 6.07) is 1.89. The van der Waals surface area contributed by atoms with E-state index in [4.69, 9.17) is 10.6 Å². The lowest BCUT2D eigenvalue weighted by Crippen LogP contribution is -2.71. The van der Waals surface area contributed by atoms with Crippen LogP contribution in [0.5, 0.6) is 0 Å². The van der Waals surface area contributed by atoms with Gasteiger partial charge in [-0.3, -0.25) is 14.5 Å². The van der Waals surface area contributed by atoms with Gasteiger partial charge in [0.25, 0.3) is 11.8 Å². The van der Waals surface area contributed by atoms with Crippen molar-refractivity contribution in [1.82, 2.24) is 19.6 Å². The molecule has 0 aromatic carbocycles. The molecule has 4 rings (SSSR count). The lowest BCUT2D eigenvalue weighted by Gasteiger charge is -2.50. The fraction of sp³-hybridized carbons (Fsp3) is 0.300. The number of amides is 2. The molecule has 2 amide bonds. The highest BCUT2D eigenvalue weighted by atomic mass is 32.2. The van der Waals surface area contributed by atoms with E-state index in [1.54, 1.807) is 13.1 Å². The molecule has 4 N–H and O–H groups in total. The van der Waals surface area contributed by atoms with Gasteiger partial charge < -0.3 is 30.9 Å². The largest absolute Gasteiger partial charge is 0.543 e. The first-order valence-electron chi connectivity index (χ1n) is 10.4. The number of β-lactam (4-membered cyclic amide) rings is 1. The van der Waals surface area contributed by atoms with E-state index in [9.17, 15) is 29.4 Å². The first-order chi connectivity index (χ1) is 17.2. The molecule has 0 bridgehead atoms. The summed E-state index contributed by atoms with van der Waals surface area (Å²) < 4.78 is 5.45. The van der Waals surface area contributed by atoms with Gasteiger partial charge in [-0.1, -0.05) is 5.16 Å². The number of aromatic nitrogens is 3. The topological polar surface area (TPSA) is 204 Å². The van der Waals surface area contributed by atoms with Crippen LogP contribution in [-0.2, 0) is 25.8 Å². The van der Waals surface area contributed by atoms with E-state index >= 15 is 0 Å². The number of anilines is 1. The predicted molar refractivity (Wildman–Crippen MR) is 123 cm³/mol. The van der Waals surface area contributed by atoms with Gasteiger partial charge in [0.15, 0.2) is 24.1 Å². The number of carboxylic acid groups (broad SMARTS) is 2. The molecule has 2 aromatic heterocycles. The summed E-state index contributed by atoms with van der Waals surface area (Å²) in [5.74, 6) is -3.98. The summed E-state index contributed by atoms with van der Waals surface area (Å²) in [4.78, 5) is 59.0. The summed E-state index contributed by atoms with van der Waals surface area (Å²) >= 11 is 2.10. The molecule has 0 aliphatic carbocycles. The third kappa shape index (κ3) is 4.85. The molecular weight excluding hydrogens is 514 g/mol. The fourth-order valence-electron chi connectivity index (χ4n) is 3.61. The Labute approximate surface area is 211 Å². The highest BCUT2D eigenvalue weighted by molar-refractivity contribution is 8.00. The van der Waals surface area contributed by atoms with Crippen LogP contribution in [-0.4, -0.2) is 72.6 Å². The molecule has 1 saturated heterocycles. The monoisotopic (exact) mass is 533 g/mol. The fourth-order valence-corrected chi connectivity index (χ4v) is 5.38. The van der Waals surface area contributed by atoms with E-state index in [-0.39, 0.29) is 46.8 Å². The predicted octanol–water partition coefficient (Wildman–Crippen LogP) is -2.05. The smallest absolute Gasteiger partial charge is 0.341 e. The van der Waals surface area contributed by atoms with Crippen LogP contribution in [0.15, 0.2) is 41.0 Å². The van der Waals surface area contributed by atoms with Gasteiger partial charge in [-0.15, -0.1) is 11.8 Å². The van der Waals surface area contributed by atoms with Crippen LogP contribution >= 0.6 is 23.3 Å². The standard InChI is InChI=1S/C20H19N7O7S2/c1-2-34-24-11(14-23-20(21)36-25-14)15(28)22-12-16(29)27-13(19(32)33)10(8-35-17(12)27)7-26-5-3-4-9(6-26)18(30)31/h3-6,12,17H,2,7-8H2,1H3,(H4-,21,22,23,25,28,30,31,32,33)/t12?,17-/m1/s1. The van der Waals surface area contributed by atoms with Crippen molar-refractivity contribution in [3.8, 4) is 0 Å². The van der Waals surface area contributed by atoms with Crippen LogP contribution in [0.4, 0.5) is 5.13 Å². The Morgan fingerprint density at radius 3 is 2.86 bits per heavy atom. The second-order valence-electron chi connectivity index (χ2n) is 7.48. The number of hydrogen-bond donors (Lipinski definition) is 3. The van der Waals surface area contributed by atoms with E-state index in [0.717, 1.165) is 16.4 Å². The second-order valence-corrected chi connectivity index (χ2v) is 9.37. The van der Waals surface area contributed by atoms with Crippen LogP contribution in [0.2, 0.25) is 0 Å². The van der Waals surface area contributed by atoms with Crippen LogP contribution in [0.25, 0.3) is 0 Å². The highest BCUT2D eigenvalue weighted by Gasteiger charge is 2.53. The number of pyridine rings is 1. The molecule has 16 heteroatoms. The van der Waals surface area contributed by atoms with Gasteiger partial charge in [-0.05, 0) is 13.0 Å². The molecule has 2 atom stereocenters. The maximum Gasteiger partial charge on any atom is 0.341 e. The van der Waals surface area contributed by atoms with E-state index in [1.165, 1.54) is 34.7 Å². The average molecular weight is 534 g/mol. The third-order valence-electron chi connectivity index (χ3n) is 5.16. The number of rotatable bonds is 9. The van der Waals surface area contributed by atoms with Crippen LogP contribution < -0.4 is 20.7 Å². The van der Waals surface area contributed by atoms with Crippen molar-refractivity contribution >= 4 is 57.9 Å². The molecule has 0 radical (unpaired) electrons. The molecule has 0 saturated carbocycles. The normalized spacial score (nSPS) is 19.4. The minimum absolute atomic E-state index is 0.0260. The zero-order chi connectivity index (χ0) is 26.0. The quantitative estimate of drug-likeness (QED) is 0.138. The minimum Gasteiger partial charge on any atom is -0.543 e. The van der Waals surface area contributed by atoms with Crippen LogP contribution in [0.1, 0.15) is 23.1 Å². The molecule has 2 aromatic rings. The lowest BCUT2D eigenvalue weighted by molar-refractivity contribution is -0.689. The van der Waals surface area contributed by atoms with E-state index in [0.29, 0.717) is 5.57 Å². The van der Waals surface area contributed by atoms with Crippen molar-refractivity contribution < 1.29 is 38.8 Å². The van der Waals surface area contributed by atoms with Gasteiger partial charge >= 0.3 is 5.97 Å². The number of aliphatic carboxylic acids is 1. The number of fused-ring (bicyclic) bond motifs is 1. The zero-order valence-corrected chi connectivity index (χ0v) is 20.2. The lowest BCUT2D eigenvalue weighted by atomic mass is 10.0. The third-order valence-corrected chi connectivity index (χ3v) is 7.04. The van der Waals surface area contributed by atoms with Crippen LogP contribution in [0.3, 0.4) is 0 Å². The summed E-state index contributed by atoms with van der Waals surface area (Å²) in [5, 5.41) is 26.9. The molecule has 2 aliphatic heterocycles. The Balaban J connectivity index is 1.54. The zero-order valence-electron chi connectivity index (χ0n) is 18.6. The van der Waals surface area contributed by atoms with Crippen molar-refractivity contribution in [2.24, 2.45) is 5.16 Å². The summed E-state index contributed by atoms with van der Waals surface area (Å²) in [6.07, 6.45) is 2.95. The van der Waals surface area contributed by atoms with Gasteiger partial charge in [-0.2, -0.15) is 9.36 Å². The van der Waals surface area contributed by atoms with Crippen LogP contribution in [0, 0.1) is 0 Å². The number of carbonyl (C=O) groups is 4. The molecular formula is C20H19N7O7S2. The summed E-state index contributed by atoms with van der Waals surface area (Å²) in [7, 11) is 0.